The Balaban J connectivity index is 1.37. The first-order chi connectivity index (χ1) is 21.3. The maximum atomic E-state index is 9.66. The van der Waals surface area contributed by atoms with Crippen LogP contribution in [0.2, 0.25) is 0 Å². The Morgan fingerprint density at radius 3 is 2.07 bits per heavy atom. The van der Waals surface area contributed by atoms with Crippen molar-refractivity contribution in [2.75, 3.05) is 0 Å². The Kier molecular flexibility index (Phi) is 4.85. The number of hydrogen-bond donors (Lipinski definition) is 0. The number of benzene rings is 6. The van der Waals surface area contributed by atoms with Crippen molar-refractivity contribution < 1.29 is 4.74 Å². The van der Waals surface area contributed by atoms with E-state index in [4.69, 9.17) is 9.72 Å². The zero-order valence-electron chi connectivity index (χ0n) is 23.0. The molecule has 2 aliphatic rings. The average Bonchev–Trinajstić information content (AvgIpc) is 3.60. The molecule has 6 aromatic carbocycles. The van der Waals surface area contributed by atoms with Crippen molar-refractivity contribution in [3.63, 3.8) is 0 Å². The summed E-state index contributed by atoms with van der Waals surface area (Å²) in [5.74, 6) is 2.52. The molecule has 0 bridgehead atoms. The predicted molar refractivity (Wildman–Crippen MR) is 169 cm³/mol. The highest BCUT2D eigenvalue weighted by atomic mass is 16.5. The lowest BCUT2D eigenvalue weighted by atomic mass is 9.66. The van der Waals surface area contributed by atoms with Gasteiger partial charge in [0.2, 0.25) is 0 Å². The van der Waals surface area contributed by atoms with Crippen molar-refractivity contribution in [3.8, 4) is 45.8 Å². The quantitative estimate of drug-likeness (QED) is 0.216. The van der Waals surface area contributed by atoms with E-state index < -0.39 is 5.41 Å². The highest BCUT2D eigenvalue weighted by molar-refractivity contribution is 5.90. The average molecular weight is 550 g/mol. The van der Waals surface area contributed by atoms with Gasteiger partial charge in [0.15, 0.2) is 0 Å². The third kappa shape index (κ3) is 3.16. The van der Waals surface area contributed by atoms with Gasteiger partial charge in [-0.1, -0.05) is 84.9 Å². The maximum Gasteiger partial charge on any atom is 0.145 e. The third-order valence-electron chi connectivity index (χ3n) is 8.90. The lowest BCUT2D eigenvalue weighted by molar-refractivity contribution is 0.436. The molecule has 2 heterocycles. The number of imidazole rings is 1. The SMILES string of the molecule is N#Cc1cccc(-n2c(-c3ccc4c(c3)C3(c5ccccc5O4)c4ccccc4-c4ccccc43)nc3ccccc32)c1. The minimum Gasteiger partial charge on any atom is -0.457 e. The van der Waals surface area contributed by atoms with Gasteiger partial charge in [0.25, 0.3) is 0 Å². The molecule has 0 saturated heterocycles. The number of para-hydroxylation sites is 3. The van der Waals surface area contributed by atoms with E-state index in [0.717, 1.165) is 50.7 Å². The smallest absolute Gasteiger partial charge is 0.145 e. The van der Waals surface area contributed by atoms with Crippen molar-refractivity contribution in [2.45, 2.75) is 5.41 Å². The molecule has 1 aliphatic heterocycles. The van der Waals surface area contributed by atoms with E-state index in [2.05, 4.69) is 102 Å². The molecule has 0 unspecified atom stereocenters. The number of aromatic nitrogens is 2. The second-order valence-corrected chi connectivity index (χ2v) is 11.1. The topological polar surface area (TPSA) is 50.8 Å². The van der Waals surface area contributed by atoms with E-state index >= 15 is 0 Å². The summed E-state index contributed by atoms with van der Waals surface area (Å²) in [5, 5.41) is 9.66. The first kappa shape index (κ1) is 23.8. The van der Waals surface area contributed by atoms with Crippen molar-refractivity contribution in [1.29, 1.82) is 5.26 Å². The Morgan fingerprint density at radius 2 is 1.28 bits per heavy atom. The van der Waals surface area contributed by atoms with E-state index in [9.17, 15) is 5.26 Å². The van der Waals surface area contributed by atoms with Crippen LogP contribution in [0.15, 0.2) is 140 Å². The number of fused-ring (bicyclic) bond motifs is 10. The second-order valence-electron chi connectivity index (χ2n) is 11.1. The van der Waals surface area contributed by atoms with Gasteiger partial charge in [0.1, 0.15) is 17.3 Å². The van der Waals surface area contributed by atoms with Crippen LogP contribution >= 0.6 is 0 Å². The summed E-state index contributed by atoms with van der Waals surface area (Å²) in [6, 6.07) is 50.5. The molecule has 4 heteroatoms. The molecule has 0 amide bonds. The highest BCUT2D eigenvalue weighted by Crippen LogP contribution is 2.62. The van der Waals surface area contributed by atoms with Gasteiger partial charge < -0.3 is 4.74 Å². The molecule has 0 fully saturated rings. The van der Waals surface area contributed by atoms with E-state index in [1.54, 1.807) is 0 Å². The van der Waals surface area contributed by atoms with Crippen LogP contribution in [0.25, 0.3) is 39.2 Å². The maximum absolute atomic E-state index is 9.66. The molecule has 1 aromatic heterocycles. The molecule has 7 aromatic rings. The zero-order chi connectivity index (χ0) is 28.5. The number of ether oxygens (including phenoxy) is 1. The van der Waals surface area contributed by atoms with E-state index in [1.807, 2.05) is 48.5 Å². The van der Waals surface area contributed by atoms with Gasteiger partial charge >= 0.3 is 0 Å². The van der Waals surface area contributed by atoms with Crippen LogP contribution in [0.3, 0.4) is 0 Å². The van der Waals surface area contributed by atoms with Crippen molar-refractivity contribution in [3.05, 3.63) is 167 Å². The Labute approximate surface area is 248 Å². The van der Waals surface area contributed by atoms with Crippen LogP contribution < -0.4 is 4.74 Å². The normalized spacial score (nSPS) is 13.5. The van der Waals surface area contributed by atoms with Crippen LogP contribution in [0.5, 0.6) is 11.5 Å². The summed E-state index contributed by atoms with van der Waals surface area (Å²) in [6.45, 7) is 0. The molecule has 4 nitrogen and oxygen atoms in total. The van der Waals surface area contributed by atoms with E-state index in [1.165, 1.54) is 22.3 Å². The molecule has 9 rings (SSSR count). The van der Waals surface area contributed by atoms with Crippen molar-refractivity contribution in [1.82, 2.24) is 9.55 Å². The Bertz CT molecular complexity index is 2260. The number of hydrogen-bond acceptors (Lipinski definition) is 3. The minimum absolute atomic E-state index is 0.551. The molecule has 200 valence electrons. The summed E-state index contributed by atoms with van der Waals surface area (Å²) in [4.78, 5) is 5.15. The van der Waals surface area contributed by atoms with Crippen LogP contribution in [-0.2, 0) is 5.41 Å². The van der Waals surface area contributed by atoms with Crippen molar-refractivity contribution >= 4 is 11.0 Å². The summed E-state index contributed by atoms with van der Waals surface area (Å²) in [7, 11) is 0. The summed E-state index contributed by atoms with van der Waals surface area (Å²) >= 11 is 0. The van der Waals surface area contributed by atoms with Crippen LogP contribution in [-0.4, -0.2) is 9.55 Å². The first-order valence-electron chi connectivity index (χ1n) is 14.4. The second kappa shape index (κ2) is 8.79. The summed E-state index contributed by atoms with van der Waals surface area (Å²) < 4.78 is 8.78. The molecular formula is C39H23N3O. The molecule has 0 atom stereocenters. The lowest BCUT2D eigenvalue weighted by Crippen LogP contribution is -2.32. The first-order valence-corrected chi connectivity index (χ1v) is 14.4. The van der Waals surface area contributed by atoms with Crippen LogP contribution in [0, 0.1) is 11.3 Å². The van der Waals surface area contributed by atoms with Gasteiger partial charge in [-0.3, -0.25) is 4.57 Å². The predicted octanol–water partition coefficient (Wildman–Crippen LogP) is 9.03. The lowest BCUT2D eigenvalue weighted by Gasteiger charge is -2.39. The Hall–Kier alpha value is -5.92. The standard InChI is InChI=1S/C39H23N3O/c40-24-25-10-9-11-27(22-25)42-35-18-7-6-17-34(35)41-38(42)26-20-21-37-33(23-26)39(32-16-5-8-19-36(32)43-37)30-14-3-1-12-28(30)29-13-2-4-15-31(29)39/h1-23H. The number of nitrogens with zero attached hydrogens (tertiary/aromatic N) is 3. The van der Waals surface area contributed by atoms with Gasteiger partial charge in [-0.05, 0) is 76.9 Å². The van der Waals surface area contributed by atoms with Gasteiger partial charge in [-0.25, -0.2) is 4.98 Å². The molecule has 0 radical (unpaired) electrons. The zero-order valence-corrected chi connectivity index (χ0v) is 23.0. The third-order valence-corrected chi connectivity index (χ3v) is 8.90. The number of rotatable bonds is 2. The largest absolute Gasteiger partial charge is 0.457 e. The molecule has 1 aliphatic carbocycles. The monoisotopic (exact) mass is 549 g/mol. The summed E-state index contributed by atoms with van der Waals surface area (Å²) in [6.07, 6.45) is 0. The number of nitriles is 1. The van der Waals surface area contributed by atoms with Gasteiger partial charge in [0, 0.05) is 22.4 Å². The molecule has 0 N–H and O–H groups in total. The fourth-order valence-corrected chi connectivity index (χ4v) is 7.19. The van der Waals surface area contributed by atoms with E-state index in [0.29, 0.717) is 5.56 Å². The molecular weight excluding hydrogens is 526 g/mol. The van der Waals surface area contributed by atoms with Gasteiger partial charge in [-0.15, -0.1) is 0 Å². The highest BCUT2D eigenvalue weighted by Gasteiger charge is 2.51. The van der Waals surface area contributed by atoms with Crippen molar-refractivity contribution in [2.24, 2.45) is 0 Å². The fourth-order valence-electron chi connectivity index (χ4n) is 7.19. The molecule has 43 heavy (non-hydrogen) atoms. The van der Waals surface area contributed by atoms with Gasteiger partial charge in [-0.2, -0.15) is 5.26 Å². The molecule has 0 saturated carbocycles. The Morgan fingerprint density at radius 1 is 0.605 bits per heavy atom. The summed E-state index contributed by atoms with van der Waals surface area (Å²) in [5.41, 5.74) is 11.0. The van der Waals surface area contributed by atoms with Gasteiger partial charge in [0.05, 0.1) is 28.1 Å². The van der Waals surface area contributed by atoms with E-state index in [-0.39, 0.29) is 0 Å². The van der Waals surface area contributed by atoms with Crippen LogP contribution in [0.4, 0.5) is 0 Å². The van der Waals surface area contributed by atoms with Crippen LogP contribution in [0.1, 0.15) is 27.8 Å². The minimum atomic E-state index is -0.551. The fraction of sp³-hybridized carbons (Fsp3) is 0.0256. The molecule has 1 spiro atoms.